The minimum atomic E-state index is -2.24. The van der Waals surface area contributed by atoms with Gasteiger partial charge in [-0.15, -0.1) is 0 Å². The summed E-state index contributed by atoms with van der Waals surface area (Å²) in [6.07, 6.45) is 8.77. The van der Waals surface area contributed by atoms with Gasteiger partial charge in [0.2, 0.25) is 0 Å². The maximum absolute atomic E-state index is 6.59. The van der Waals surface area contributed by atoms with Crippen LogP contribution in [-0.2, 0) is 18.4 Å². The van der Waals surface area contributed by atoms with Crippen LogP contribution in [0.3, 0.4) is 0 Å². The van der Waals surface area contributed by atoms with Gasteiger partial charge in [0.25, 0.3) is 5.65 Å². The zero-order valence-electron chi connectivity index (χ0n) is 17.7. The van der Waals surface area contributed by atoms with E-state index in [0.29, 0.717) is 0 Å². The van der Waals surface area contributed by atoms with Crippen molar-refractivity contribution in [2.45, 2.75) is 6.54 Å². The van der Waals surface area contributed by atoms with E-state index in [4.69, 9.17) is 11.8 Å². The highest BCUT2D eigenvalue weighted by Crippen LogP contribution is 2.42. The van der Waals surface area contributed by atoms with E-state index in [1.807, 2.05) is 6.07 Å². The Morgan fingerprint density at radius 1 is 0.719 bits per heavy atom. The van der Waals surface area contributed by atoms with Crippen molar-refractivity contribution in [3.63, 3.8) is 0 Å². The summed E-state index contributed by atoms with van der Waals surface area (Å²) in [7, 11) is 0. The zero-order chi connectivity index (χ0) is 21.8. The minimum Gasteiger partial charge on any atom is -0.226 e. The Morgan fingerprint density at radius 2 is 1.28 bits per heavy atom. The van der Waals surface area contributed by atoms with Gasteiger partial charge >= 0.3 is 0 Å². The second kappa shape index (κ2) is 9.08. The molecule has 2 heterocycles. The minimum absolute atomic E-state index is 0.779. The molecule has 0 spiro atoms. The summed E-state index contributed by atoms with van der Waals surface area (Å²) in [4.78, 5) is 0. The molecule has 0 amide bonds. The second-order valence-electron chi connectivity index (χ2n) is 7.66. The number of nitrogens with zero attached hydrogens (tertiary/aromatic N) is 2. The van der Waals surface area contributed by atoms with Gasteiger partial charge in [-0.1, -0.05) is 115 Å². The van der Waals surface area contributed by atoms with Crippen LogP contribution in [0, 0.1) is 0 Å². The van der Waals surface area contributed by atoms with Crippen LogP contribution < -0.4 is 20.6 Å². The van der Waals surface area contributed by atoms with Crippen LogP contribution in [0.25, 0.3) is 11.7 Å². The molecule has 4 heteroatoms. The zero-order valence-corrected chi connectivity index (χ0v) is 19.4. The number of imidazole rings is 1. The van der Waals surface area contributed by atoms with E-state index in [2.05, 4.69) is 137 Å². The maximum Gasteiger partial charge on any atom is 0.286 e. The Bertz CT molecular complexity index is 1360. The standard InChI is InChI=1S/C28H24N2PS/c32-31(25-16-6-2-7-17-25,26-18-8-3-9-19-26)28-23-29(27-20-10-11-22-30(27)28)21-12-15-24-13-4-1-5-14-24/h1-20,22-23H,21H2/q+1/b15-12+. The molecule has 0 aliphatic carbocycles. The van der Waals surface area contributed by atoms with Crippen molar-refractivity contribution < 1.29 is 4.57 Å². The lowest BCUT2D eigenvalue weighted by Crippen LogP contribution is -2.32. The fourth-order valence-corrected chi connectivity index (χ4v) is 7.99. The SMILES string of the molecule is S=P(c1ccccc1)(c1ccccc1)c1c[n+](C/C=C/c2ccccc2)c2ccccn12. The Balaban J connectivity index is 1.66. The van der Waals surface area contributed by atoms with E-state index in [0.717, 1.165) is 12.2 Å². The van der Waals surface area contributed by atoms with Crippen molar-refractivity contribution in [1.82, 2.24) is 4.40 Å². The fourth-order valence-electron chi connectivity index (χ4n) is 4.06. The predicted octanol–water partition coefficient (Wildman–Crippen LogP) is 4.70. The Kier molecular flexibility index (Phi) is 5.85. The van der Waals surface area contributed by atoms with Crippen molar-refractivity contribution in [2.75, 3.05) is 0 Å². The molecular formula is C28H24N2PS+. The molecule has 2 aromatic heterocycles. The predicted molar refractivity (Wildman–Crippen MR) is 139 cm³/mol. The smallest absolute Gasteiger partial charge is 0.226 e. The Labute approximate surface area is 194 Å². The van der Waals surface area contributed by atoms with E-state index in [1.165, 1.54) is 21.6 Å². The molecule has 0 fully saturated rings. The molecule has 5 aromatic rings. The van der Waals surface area contributed by atoms with E-state index in [9.17, 15) is 0 Å². The molecule has 0 unspecified atom stereocenters. The largest absolute Gasteiger partial charge is 0.286 e. The second-order valence-corrected chi connectivity index (χ2v) is 12.0. The lowest BCUT2D eigenvalue weighted by molar-refractivity contribution is -0.659. The van der Waals surface area contributed by atoms with Crippen molar-refractivity contribution >= 4 is 45.6 Å². The van der Waals surface area contributed by atoms with Gasteiger partial charge in [0.1, 0.15) is 12.7 Å². The Morgan fingerprint density at radius 3 is 1.91 bits per heavy atom. The van der Waals surface area contributed by atoms with Gasteiger partial charge in [0.15, 0.2) is 5.44 Å². The summed E-state index contributed by atoms with van der Waals surface area (Å²) in [5, 5.41) is 2.41. The van der Waals surface area contributed by atoms with E-state index in [-0.39, 0.29) is 0 Å². The number of pyridine rings is 1. The van der Waals surface area contributed by atoms with Crippen LogP contribution in [0.2, 0.25) is 0 Å². The van der Waals surface area contributed by atoms with Crippen molar-refractivity contribution in [2.24, 2.45) is 0 Å². The first kappa shape index (κ1) is 20.6. The molecular weight excluding hydrogens is 427 g/mol. The van der Waals surface area contributed by atoms with Gasteiger partial charge in [0, 0.05) is 6.07 Å². The number of aromatic nitrogens is 2. The third-order valence-electron chi connectivity index (χ3n) is 5.62. The summed E-state index contributed by atoms with van der Waals surface area (Å²) in [5.74, 6) is 0. The van der Waals surface area contributed by atoms with Crippen molar-refractivity contribution in [3.05, 3.63) is 133 Å². The molecule has 0 aliphatic rings. The first-order valence-corrected chi connectivity index (χ1v) is 13.5. The topological polar surface area (TPSA) is 8.29 Å². The van der Waals surface area contributed by atoms with Gasteiger partial charge < -0.3 is 0 Å². The highest BCUT2D eigenvalue weighted by Gasteiger charge is 2.33. The van der Waals surface area contributed by atoms with Gasteiger partial charge in [-0.25, -0.2) is 4.57 Å². The Hall–Kier alpha value is -3.26. The molecule has 0 N–H and O–H groups in total. The summed E-state index contributed by atoms with van der Waals surface area (Å²) in [6, 6.07) is 35.7. The molecule has 0 saturated heterocycles. The number of hydrogen-bond donors (Lipinski definition) is 0. The average molecular weight is 452 g/mol. The number of hydrogen-bond acceptors (Lipinski definition) is 1. The van der Waals surface area contributed by atoms with Crippen LogP contribution in [-0.4, -0.2) is 4.40 Å². The molecule has 3 aromatic carbocycles. The molecule has 0 bridgehead atoms. The number of allylic oxidation sites excluding steroid dienone is 1. The van der Waals surface area contributed by atoms with Crippen molar-refractivity contribution in [1.29, 1.82) is 0 Å². The quantitative estimate of drug-likeness (QED) is 0.269. The highest BCUT2D eigenvalue weighted by atomic mass is 32.4. The molecule has 0 saturated carbocycles. The van der Waals surface area contributed by atoms with Gasteiger partial charge in [-0.05, 0) is 28.3 Å². The molecule has 156 valence electrons. The molecule has 0 aliphatic heterocycles. The van der Waals surface area contributed by atoms with Gasteiger partial charge in [-0.2, -0.15) is 4.40 Å². The molecule has 0 atom stereocenters. The summed E-state index contributed by atoms with van der Waals surface area (Å²) in [6.45, 7) is 0.779. The highest BCUT2D eigenvalue weighted by molar-refractivity contribution is 8.25. The lowest BCUT2D eigenvalue weighted by Gasteiger charge is -2.20. The average Bonchev–Trinajstić information content (AvgIpc) is 3.24. The summed E-state index contributed by atoms with van der Waals surface area (Å²) < 4.78 is 4.57. The van der Waals surface area contributed by atoms with Crippen LogP contribution >= 0.6 is 6.04 Å². The molecule has 32 heavy (non-hydrogen) atoms. The number of fused-ring (bicyclic) bond motifs is 1. The number of benzene rings is 3. The van der Waals surface area contributed by atoms with Crippen LogP contribution in [0.5, 0.6) is 0 Å². The van der Waals surface area contributed by atoms with Crippen LogP contribution in [0.15, 0.2) is 128 Å². The molecule has 5 rings (SSSR count). The van der Waals surface area contributed by atoms with Crippen LogP contribution in [0.1, 0.15) is 5.56 Å². The third-order valence-corrected chi connectivity index (χ3v) is 10.5. The first-order valence-electron chi connectivity index (χ1n) is 10.7. The first-order chi connectivity index (χ1) is 15.8. The monoisotopic (exact) mass is 451 g/mol. The summed E-state index contributed by atoms with van der Waals surface area (Å²) in [5.41, 5.74) is 3.52. The maximum atomic E-state index is 6.59. The number of rotatable bonds is 6. The third kappa shape index (κ3) is 3.86. The van der Waals surface area contributed by atoms with Crippen LogP contribution in [0.4, 0.5) is 0 Å². The molecule has 0 radical (unpaired) electrons. The summed E-state index contributed by atoms with van der Waals surface area (Å²) >= 11 is 6.59. The van der Waals surface area contributed by atoms with E-state index >= 15 is 0 Å². The molecule has 2 nitrogen and oxygen atoms in total. The van der Waals surface area contributed by atoms with Gasteiger partial charge in [-0.3, -0.25) is 0 Å². The fraction of sp³-hybridized carbons (Fsp3) is 0.0357. The van der Waals surface area contributed by atoms with E-state index in [1.54, 1.807) is 0 Å². The van der Waals surface area contributed by atoms with Crippen molar-refractivity contribution in [3.8, 4) is 0 Å². The normalized spacial score (nSPS) is 11.9. The lowest BCUT2D eigenvalue weighted by atomic mass is 10.2. The van der Waals surface area contributed by atoms with Gasteiger partial charge in [0.05, 0.1) is 12.2 Å². The van der Waals surface area contributed by atoms with E-state index < -0.39 is 6.04 Å².